The first-order valence-corrected chi connectivity index (χ1v) is 12.1. The van der Waals surface area contributed by atoms with Crippen molar-refractivity contribution in [1.29, 1.82) is 0 Å². The quantitative estimate of drug-likeness (QED) is 0.474. The molecule has 1 N–H and O–H groups in total. The average Bonchev–Trinajstić information content (AvgIpc) is 2.91. The van der Waals surface area contributed by atoms with Gasteiger partial charge in [0.15, 0.2) is 0 Å². The van der Waals surface area contributed by atoms with Gasteiger partial charge in [0.25, 0.3) is 0 Å². The highest BCUT2D eigenvalue weighted by Gasteiger charge is 2.37. The van der Waals surface area contributed by atoms with E-state index in [-0.39, 0.29) is 30.4 Å². The van der Waals surface area contributed by atoms with Crippen LogP contribution in [-0.2, 0) is 22.6 Å². The molecular formula is C29H32N2O5. The van der Waals surface area contributed by atoms with E-state index in [9.17, 15) is 14.7 Å². The number of nitrogens with zero attached hydrogens (tertiary/aromatic N) is 2. The van der Waals surface area contributed by atoms with Gasteiger partial charge in [-0.3, -0.25) is 4.90 Å². The van der Waals surface area contributed by atoms with E-state index < -0.39 is 5.97 Å². The van der Waals surface area contributed by atoms with Gasteiger partial charge in [0.1, 0.15) is 6.61 Å². The van der Waals surface area contributed by atoms with Gasteiger partial charge in [-0.2, -0.15) is 0 Å². The van der Waals surface area contributed by atoms with E-state index in [4.69, 9.17) is 9.47 Å². The molecule has 0 aliphatic carbocycles. The SMILES string of the molecule is CO[C@@H]1CN(c2cc(C)cc(C(=O)O)c2)CC[C@@H]1N(Cc1ccccc1)C(=O)OCc1ccccc1. The first-order valence-electron chi connectivity index (χ1n) is 12.1. The fourth-order valence-corrected chi connectivity index (χ4v) is 4.70. The molecule has 1 amide bonds. The highest BCUT2D eigenvalue weighted by molar-refractivity contribution is 5.89. The second kappa shape index (κ2) is 11.7. The number of methoxy groups -OCH3 is 1. The first kappa shape index (κ1) is 25.3. The lowest BCUT2D eigenvalue weighted by Crippen LogP contribution is -2.56. The van der Waals surface area contributed by atoms with Gasteiger partial charge in [-0.1, -0.05) is 60.7 Å². The van der Waals surface area contributed by atoms with Crippen LogP contribution in [0.1, 0.15) is 33.5 Å². The van der Waals surface area contributed by atoms with Crippen LogP contribution < -0.4 is 4.90 Å². The maximum absolute atomic E-state index is 13.4. The predicted molar refractivity (Wildman–Crippen MR) is 138 cm³/mol. The number of aryl methyl sites for hydroxylation is 1. The van der Waals surface area contributed by atoms with Crippen LogP contribution in [-0.4, -0.2) is 54.4 Å². The molecule has 3 aromatic rings. The number of ether oxygens (including phenoxy) is 2. The summed E-state index contributed by atoms with van der Waals surface area (Å²) in [6.45, 7) is 3.68. The van der Waals surface area contributed by atoms with Crippen molar-refractivity contribution in [2.75, 3.05) is 25.1 Å². The van der Waals surface area contributed by atoms with Crippen LogP contribution in [0.4, 0.5) is 10.5 Å². The zero-order valence-electron chi connectivity index (χ0n) is 20.7. The van der Waals surface area contributed by atoms with Crippen LogP contribution in [0.15, 0.2) is 78.9 Å². The number of hydrogen-bond acceptors (Lipinski definition) is 5. The molecule has 188 valence electrons. The number of aromatic carboxylic acids is 1. The van der Waals surface area contributed by atoms with Gasteiger partial charge in [0, 0.05) is 32.4 Å². The molecule has 1 heterocycles. The molecule has 4 rings (SSSR count). The molecule has 0 unspecified atom stereocenters. The van der Waals surface area contributed by atoms with Crippen LogP contribution in [0.2, 0.25) is 0 Å². The highest BCUT2D eigenvalue weighted by Crippen LogP contribution is 2.28. The van der Waals surface area contributed by atoms with Crippen molar-refractivity contribution < 1.29 is 24.2 Å². The lowest BCUT2D eigenvalue weighted by Gasteiger charge is -2.43. The number of carboxylic acids is 1. The summed E-state index contributed by atoms with van der Waals surface area (Å²) in [5.41, 5.74) is 3.93. The van der Waals surface area contributed by atoms with E-state index in [0.29, 0.717) is 26.1 Å². The van der Waals surface area contributed by atoms with Crippen LogP contribution in [0, 0.1) is 6.92 Å². The predicted octanol–water partition coefficient (Wildman–Crippen LogP) is 5.13. The van der Waals surface area contributed by atoms with Crippen molar-refractivity contribution in [2.45, 2.75) is 38.6 Å². The minimum absolute atomic E-state index is 0.196. The molecule has 0 spiro atoms. The van der Waals surface area contributed by atoms with Crippen molar-refractivity contribution in [3.05, 3.63) is 101 Å². The van der Waals surface area contributed by atoms with Crippen LogP contribution in [0.25, 0.3) is 0 Å². The molecule has 1 aliphatic rings. The monoisotopic (exact) mass is 488 g/mol. The zero-order chi connectivity index (χ0) is 25.5. The Morgan fingerprint density at radius 3 is 2.31 bits per heavy atom. The molecular weight excluding hydrogens is 456 g/mol. The number of carboxylic acid groups (broad SMARTS) is 1. The normalized spacial score (nSPS) is 17.4. The Kier molecular flexibility index (Phi) is 8.23. The summed E-state index contributed by atoms with van der Waals surface area (Å²) in [6, 6.07) is 24.6. The molecule has 36 heavy (non-hydrogen) atoms. The summed E-state index contributed by atoms with van der Waals surface area (Å²) in [7, 11) is 1.65. The number of amides is 1. The summed E-state index contributed by atoms with van der Waals surface area (Å²) < 4.78 is 11.6. The molecule has 0 radical (unpaired) electrons. The summed E-state index contributed by atoms with van der Waals surface area (Å²) in [4.78, 5) is 28.8. The Morgan fingerprint density at radius 2 is 1.67 bits per heavy atom. The number of carbonyl (C=O) groups excluding carboxylic acids is 1. The van der Waals surface area contributed by atoms with Crippen molar-refractivity contribution >= 4 is 17.7 Å². The fraction of sp³-hybridized carbons (Fsp3) is 0.310. The Morgan fingerprint density at radius 1 is 1.00 bits per heavy atom. The third-order valence-corrected chi connectivity index (χ3v) is 6.54. The summed E-state index contributed by atoms with van der Waals surface area (Å²) in [5.74, 6) is -0.951. The first-order chi connectivity index (χ1) is 17.4. The maximum atomic E-state index is 13.4. The van der Waals surface area contributed by atoms with Gasteiger partial charge in [0.2, 0.25) is 0 Å². The molecule has 0 aromatic heterocycles. The molecule has 2 atom stereocenters. The fourth-order valence-electron chi connectivity index (χ4n) is 4.70. The van der Waals surface area contributed by atoms with E-state index in [1.807, 2.05) is 73.7 Å². The van der Waals surface area contributed by atoms with Gasteiger partial charge in [-0.05, 0) is 48.2 Å². The molecule has 1 aliphatic heterocycles. The minimum Gasteiger partial charge on any atom is -0.478 e. The highest BCUT2D eigenvalue weighted by atomic mass is 16.6. The van der Waals surface area contributed by atoms with E-state index in [2.05, 4.69) is 4.90 Å². The smallest absolute Gasteiger partial charge is 0.410 e. The van der Waals surface area contributed by atoms with Crippen molar-refractivity contribution in [1.82, 2.24) is 4.90 Å². The van der Waals surface area contributed by atoms with Crippen LogP contribution in [0.3, 0.4) is 0 Å². The van der Waals surface area contributed by atoms with Crippen LogP contribution in [0.5, 0.6) is 0 Å². The van der Waals surface area contributed by atoms with Gasteiger partial charge in [-0.25, -0.2) is 9.59 Å². The summed E-state index contributed by atoms with van der Waals surface area (Å²) in [6.07, 6.45) is -0.00488. The third-order valence-electron chi connectivity index (χ3n) is 6.54. The third kappa shape index (κ3) is 6.23. The average molecular weight is 489 g/mol. The zero-order valence-corrected chi connectivity index (χ0v) is 20.7. The Balaban J connectivity index is 1.54. The van der Waals surface area contributed by atoms with Crippen LogP contribution >= 0.6 is 0 Å². The molecule has 1 saturated heterocycles. The Bertz CT molecular complexity index is 1170. The van der Waals surface area contributed by atoms with Gasteiger partial charge >= 0.3 is 12.1 Å². The topological polar surface area (TPSA) is 79.3 Å². The largest absolute Gasteiger partial charge is 0.478 e. The number of carbonyl (C=O) groups is 2. The van der Waals surface area contributed by atoms with Crippen molar-refractivity contribution in [2.24, 2.45) is 0 Å². The number of hydrogen-bond donors (Lipinski definition) is 1. The Hall–Kier alpha value is -3.84. The molecule has 0 saturated carbocycles. The standard InChI is InChI=1S/C29H32N2O5/c1-21-15-24(28(32)33)17-25(16-21)30-14-13-26(27(19-30)35-2)31(18-22-9-5-3-6-10-22)29(34)36-20-23-11-7-4-8-12-23/h3-12,15-17,26-27H,13-14,18-20H2,1-2H3,(H,32,33)/t26-,27+/m0/s1. The molecule has 7 heteroatoms. The summed E-state index contributed by atoms with van der Waals surface area (Å²) in [5, 5.41) is 9.48. The molecule has 7 nitrogen and oxygen atoms in total. The van der Waals surface area contributed by atoms with E-state index in [0.717, 1.165) is 22.4 Å². The van der Waals surface area contributed by atoms with E-state index in [1.54, 1.807) is 24.1 Å². The number of benzene rings is 3. The van der Waals surface area contributed by atoms with E-state index in [1.165, 1.54) is 0 Å². The van der Waals surface area contributed by atoms with E-state index >= 15 is 0 Å². The van der Waals surface area contributed by atoms with Crippen molar-refractivity contribution in [3.8, 4) is 0 Å². The number of anilines is 1. The summed E-state index contributed by atoms with van der Waals surface area (Å²) >= 11 is 0. The lowest BCUT2D eigenvalue weighted by molar-refractivity contribution is -0.00331. The molecule has 1 fully saturated rings. The van der Waals surface area contributed by atoms with Gasteiger partial charge < -0.3 is 19.5 Å². The maximum Gasteiger partial charge on any atom is 0.410 e. The molecule has 0 bridgehead atoms. The van der Waals surface area contributed by atoms with Gasteiger partial charge in [-0.15, -0.1) is 0 Å². The number of rotatable bonds is 8. The second-order valence-corrected chi connectivity index (χ2v) is 9.09. The number of piperidine rings is 1. The van der Waals surface area contributed by atoms with Gasteiger partial charge in [0.05, 0.1) is 17.7 Å². The molecule has 3 aromatic carbocycles. The second-order valence-electron chi connectivity index (χ2n) is 9.09. The Labute approximate surface area is 211 Å². The minimum atomic E-state index is -0.951. The van der Waals surface area contributed by atoms with Crippen molar-refractivity contribution in [3.63, 3.8) is 0 Å². The lowest BCUT2D eigenvalue weighted by atomic mass is 9.98.